The number of hydrogen-bond acceptors (Lipinski definition) is 8. The molecular weight excluding hydrogens is 594 g/mol. The monoisotopic (exact) mass is 629 g/mol. The van der Waals surface area contributed by atoms with Crippen molar-refractivity contribution in [2.75, 3.05) is 25.6 Å². The van der Waals surface area contributed by atoms with Crippen LogP contribution in [0.2, 0.25) is 5.02 Å². The van der Waals surface area contributed by atoms with E-state index in [-0.39, 0.29) is 18.5 Å². The number of allylic oxidation sites excluding steroid dienone is 2. The minimum absolute atomic E-state index is 0.211. The van der Waals surface area contributed by atoms with Gasteiger partial charge in [0.05, 0.1) is 24.0 Å². The van der Waals surface area contributed by atoms with Crippen LogP contribution in [-0.2, 0) is 21.6 Å². The number of halogens is 1. The number of carbonyl (C=O) groups is 2. The average molecular weight is 630 g/mol. The number of anilines is 1. The van der Waals surface area contributed by atoms with Gasteiger partial charge in [-0.1, -0.05) is 60.2 Å². The number of ether oxygens (including phenoxy) is 2. The molecule has 3 heterocycles. The van der Waals surface area contributed by atoms with E-state index in [1.54, 1.807) is 75.7 Å². The molecular formula is C34H36ClN5O5. The van der Waals surface area contributed by atoms with Gasteiger partial charge in [0.25, 0.3) is 5.91 Å². The SMILES string of the molecule is COc1cccc([C@@]2(NC(=O)C(C)N3Cc4ccc(-c5nc(NC6CCOCC6)ncc5Cl)cc4C3=O)C=CC=CC2(C)O)c1. The number of hydrogen-bond donors (Lipinski definition) is 3. The minimum atomic E-state index is -1.47. The summed E-state index contributed by atoms with van der Waals surface area (Å²) in [6.07, 6.45) is 10.2. The number of methoxy groups -OCH3 is 1. The topological polar surface area (TPSA) is 126 Å². The predicted molar refractivity (Wildman–Crippen MR) is 171 cm³/mol. The highest BCUT2D eigenvalue weighted by Crippen LogP contribution is 2.40. The zero-order valence-corrected chi connectivity index (χ0v) is 26.2. The lowest BCUT2D eigenvalue weighted by atomic mass is 9.72. The number of rotatable bonds is 8. The van der Waals surface area contributed by atoms with Gasteiger partial charge in [-0.2, -0.15) is 0 Å². The summed E-state index contributed by atoms with van der Waals surface area (Å²) in [5.74, 6) is 0.361. The number of nitrogens with zero attached hydrogens (tertiary/aromatic N) is 3. The van der Waals surface area contributed by atoms with Crippen molar-refractivity contribution in [3.05, 3.63) is 94.7 Å². The number of nitrogens with one attached hydrogen (secondary N) is 2. The lowest BCUT2D eigenvalue weighted by molar-refractivity contribution is -0.129. The summed E-state index contributed by atoms with van der Waals surface area (Å²) in [4.78, 5) is 38.2. The van der Waals surface area contributed by atoms with Crippen molar-refractivity contribution < 1.29 is 24.2 Å². The summed E-state index contributed by atoms with van der Waals surface area (Å²) < 4.78 is 10.9. The third-order valence-corrected chi connectivity index (χ3v) is 9.16. The Labute approximate surface area is 267 Å². The van der Waals surface area contributed by atoms with E-state index >= 15 is 0 Å². The third-order valence-electron chi connectivity index (χ3n) is 8.88. The van der Waals surface area contributed by atoms with E-state index in [2.05, 4.69) is 20.6 Å². The highest BCUT2D eigenvalue weighted by Gasteiger charge is 2.49. The van der Waals surface area contributed by atoms with Crippen LogP contribution in [0.5, 0.6) is 5.75 Å². The quantitative estimate of drug-likeness (QED) is 0.329. The Morgan fingerprint density at radius 2 is 1.96 bits per heavy atom. The molecule has 10 nitrogen and oxygen atoms in total. The van der Waals surface area contributed by atoms with Crippen molar-refractivity contribution in [3.63, 3.8) is 0 Å². The highest BCUT2D eigenvalue weighted by molar-refractivity contribution is 6.33. The van der Waals surface area contributed by atoms with Gasteiger partial charge in [0.1, 0.15) is 22.9 Å². The lowest BCUT2D eigenvalue weighted by Crippen LogP contribution is -2.62. The molecule has 0 spiro atoms. The van der Waals surface area contributed by atoms with Gasteiger partial charge >= 0.3 is 0 Å². The van der Waals surface area contributed by atoms with Crippen LogP contribution in [-0.4, -0.2) is 69.8 Å². The Morgan fingerprint density at radius 3 is 2.71 bits per heavy atom. The van der Waals surface area contributed by atoms with Crippen molar-refractivity contribution in [1.82, 2.24) is 20.2 Å². The molecule has 0 radical (unpaired) electrons. The molecule has 6 rings (SSSR count). The second-order valence-electron chi connectivity index (χ2n) is 11.8. The van der Waals surface area contributed by atoms with Crippen LogP contribution in [0.1, 0.15) is 48.2 Å². The van der Waals surface area contributed by atoms with Crippen LogP contribution >= 0.6 is 11.6 Å². The lowest BCUT2D eigenvalue weighted by Gasteiger charge is -2.45. The highest BCUT2D eigenvalue weighted by atomic mass is 35.5. The Hall–Kier alpha value is -4.25. The van der Waals surface area contributed by atoms with Crippen molar-refractivity contribution >= 4 is 29.4 Å². The number of aromatic nitrogens is 2. The number of aliphatic hydroxyl groups is 1. The minimum Gasteiger partial charge on any atom is -0.497 e. The van der Waals surface area contributed by atoms with Crippen LogP contribution < -0.4 is 15.4 Å². The van der Waals surface area contributed by atoms with Crippen LogP contribution in [0.3, 0.4) is 0 Å². The molecule has 0 saturated carbocycles. The summed E-state index contributed by atoms with van der Waals surface area (Å²) in [5, 5.41) is 18.4. The Bertz CT molecular complexity index is 1690. The second kappa shape index (κ2) is 12.3. The van der Waals surface area contributed by atoms with Crippen LogP contribution in [0.15, 0.2) is 73.0 Å². The van der Waals surface area contributed by atoms with E-state index in [4.69, 9.17) is 21.1 Å². The maximum absolute atomic E-state index is 13.9. The molecule has 1 aromatic heterocycles. The number of fused-ring (bicyclic) bond motifs is 1. The van der Waals surface area contributed by atoms with Gasteiger partial charge in [-0.25, -0.2) is 9.97 Å². The molecule has 0 bridgehead atoms. The van der Waals surface area contributed by atoms with Crippen LogP contribution in [0.25, 0.3) is 11.3 Å². The van der Waals surface area contributed by atoms with Crippen molar-refractivity contribution in [1.29, 1.82) is 0 Å². The number of benzene rings is 2. The Morgan fingerprint density at radius 1 is 1.18 bits per heavy atom. The van der Waals surface area contributed by atoms with Crippen LogP contribution in [0, 0.1) is 0 Å². The van der Waals surface area contributed by atoms with Gasteiger partial charge in [0.15, 0.2) is 0 Å². The van der Waals surface area contributed by atoms with Crippen molar-refractivity contribution in [2.24, 2.45) is 0 Å². The largest absolute Gasteiger partial charge is 0.497 e. The first-order valence-corrected chi connectivity index (χ1v) is 15.4. The number of amides is 2. The molecule has 2 aromatic carbocycles. The maximum atomic E-state index is 13.9. The van der Waals surface area contributed by atoms with Gasteiger partial charge in [-0.3, -0.25) is 9.59 Å². The molecule has 45 heavy (non-hydrogen) atoms. The van der Waals surface area contributed by atoms with Gasteiger partial charge in [0.2, 0.25) is 11.9 Å². The fourth-order valence-corrected chi connectivity index (χ4v) is 6.33. The van der Waals surface area contributed by atoms with E-state index in [1.807, 2.05) is 18.2 Å². The van der Waals surface area contributed by atoms with Crippen LogP contribution in [0.4, 0.5) is 5.95 Å². The fraction of sp³-hybridized carbons (Fsp3) is 0.353. The third kappa shape index (κ3) is 5.81. The molecule has 1 fully saturated rings. The van der Waals surface area contributed by atoms with Gasteiger partial charge in [-0.05, 0) is 56.0 Å². The smallest absolute Gasteiger partial charge is 0.255 e. The van der Waals surface area contributed by atoms with E-state index < -0.39 is 23.1 Å². The summed E-state index contributed by atoms with van der Waals surface area (Å²) in [6, 6.07) is 12.1. The first-order valence-electron chi connectivity index (χ1n) is 15.0. The van der Waals surface area contributed by atoms with Crippen molar-refractivity contribution in [2.45, 2.75) is 56.5 Å². The standard InChI is InChI=1S/C34H36ClN5O5/c1-21(30(41)39-34(14-5-4-13-33(34,2)43)24-7-6-8-26(18-24)44-3)40-20-23-10-9-22(17-27(23)31(40)42)29-28(35)19-36-32(38-29)37-25-11-15-45-16-12-25/h4-10,13-14,17-19,21,25,43H,11-12,15-16,20H2,1-3H3,(H,39,41)(H,36,37,38)/t21?,33?,34-/m0/s1. The molecule has 3 aromatic rings. The summed E-state index contributed by atoms with van der Waals surface area (Å²) in [5.41, 5.74) is 0.341. The summed E-state index contributed by atoms with van der Waals surface area (Å²) in [6.45, 7) is 4.96. The Kier molecular flexibility index (Phi) is 8.39. The van der Waals surface area contributed by atoms with Gasteiger partial charge < -0.3 is 30.1 Å². The zero-order valence-electron chi connectivity index (χ0n) is 25.4. The molecule has 11 heteroatoms. The fourth-order valence-electron chi connectivity index (χ4n) is 6.13. The molecule has 3 atom stereocenters. The first kappa shape index (κ1) is 30.8. The van der Waals surface area contributed by atoms with Crippen molar-refractivity contribution in [3.8, 4) is 17.0 Å². The zero-order chi connectivity index (χ0) is 31.8. The van der Waals surface area contributed by atoms with E-state index in [0.717, 1.165) is 18.4 Å². The van der Waals surface area contributed by atoms with Gasteiger partial charge in [0, 0.05) is 36.9 Å². The Balaban J connectivity index is 1.23. The number of carbonyl (C=O) groups excluding carboxylic acids is 2. The molecule has 2 amide bonds. The maximum Gasteiger partial charge on any atom is 0.255 e. The van der Waals surface area contributed by atoms with E-state index in [0.29, 0.717) is 52.3 Å². The molecule has 2 aliphatic heterocycles. The normalized spacial score (nSPS) is 23.5. The predicted octanol–water partition coefficient (Wildman–Crippen LogP) is 4.63. The second-order valence-corrected chi connectivity index (χ2v) is 12.2. The molecule has 3 N–H and O–H groups in total. The molecule has 3 aliphatic rings. The van der Waals surface area contributed by atoms with Gasteiger partial charge in [-0.15, -0.1) is 0 Å². The molecule has 1 aliphatic carbocycles. The first-order chi connectivity index (χ1) is 21.6. The molecule has 234 valence electrons. The summed E-state index contributed by atoms with van der Waals surface area (Å²) in [7, 11) is 1.56. The van der Waals surface area contributed by atoms with E-state index in [9.17, 15) is 14.7 Å². The average Bonchev–Trinajstić information content (AvgIpc) is 3.38. The molecule has 2 unspecified atom stereocenters. The molecule has 1 saturated heterocycles. The van der Waals surface area contributed by atoms with E-state index in [1.165, 1.54) is 4.90 Å². The summed E-state index contributed by atoms with van der Waals surface area (Å²) >= 11 is 6.52.